The molecule has 2 aliphatic rings. The molecular weight excluding hydrogens is 442 g/mol. The number of aromatic nitrogens is 2. The Hall–Kier alpha value is -3.52. The molecule has 1 aromatic heterocycles. The highest BCUT2D eigenvalue weighted by molar-refractivity contribution is 6.31. The molecule has 172 valence electrons. The van der Waals surface area contributed by atoms with Gasteiger partial charge in [-0.2, -0.15) is 5.10 Å². The van der Waals surface area contributed by atoms with Crippen LogP contribution in [0.3, 0.4) is 0 Å². The summed E-state index contributed by atoms with van der Waals surface area (Å²) in [6.45, 7) is 2.39. The summed E-state index contributed by atoms with van der Waals surface area (Å²) in [5, 5.41) is 19.3. The van der Waals surface area contributed by atoms with Crippen LogP contribution in [0.5, 0.6) is 0 Å². The Labute approximate surface area is 197 Å². The third-order valence-corrected chi connectivity index (χ3v) is 5.70. The van der Waals surface area contributed by atoms with E-state index >= 15 is 0 Å². The van der Waals surface area contributed by atoms with Crippen LogP contribution >= 0.6 is 11.6 Å². The van der Waals surface area contributed by atoms with Crippen molar-refractivity contribution >= 4 is 40.8 Å². The van der Waals surface area contributed by atoms with E-state index in [1.807, 2.05) is 20.0 Å². The number of anilines is 3. The van der Waals surface area contributed by atoms with Gasteiger partial charge in [0.05, 0.1) is 24.1 Å². The third kappa shape index (κ3) is 5.28. The van der Waals surface area contributed by atoms with Crippen molar-refractivity contribution in [2.24, 2.45) is 7.05 Å². The largest absolute Gasteiger partial charge is 0.465 e. The summed E-state index contributed by atoms with van der Waals surface area (Å²) in [4.78, 5) is 25.9. The Morgan fingerprint density at radius 2 is 1.94 bits per heavy atom. The van der Waals surface area contributed by atoms with Crippen molar-refractivity contribution in [2.45, 2.75) is 39.3 Å². The molecule has 1 aliphatic carbocycles. The second kappa shape index (κ2) is 9.54. The van der Waals surface area contributed by atoms with Gasteiger partial charge in [-0.3, -0.25) is 9.48 Å². The van der Waals surface area contributed by atoms with Crippen LogP contribution in [0.1, 0.15) is 46.3 Å². The maximum absolute atomic E-state index is 13.5. The first kappa shape index (κ1) is 22.7. The van der Waals surface area contributed by atoms with Gasteiger partial charge in [0.15, 0.2) is 0 Å². The summed E-state index contributed by atoms with van der Waals surface area (Å²) in [6.07, 6.45) is 5.15. The molecule has 1 fully saturated rings. The Kier molecular flexibility index (Phi) is 6.55. The number of nitrogens with one attached hydrogen (secondary N) is 2. The van der Waals surface area contributed by atoms with Gasteiger partial charge in [-0.15, -0.1) is 0 Å². The molecule has 1 aliphatic heterocycles. The van der Waals surface area contributed by atoms with E-state index in [4.69, 9.17) is 16.7 Å². The number of benzene rings is 2. The molecule has 3 N–H and O–H groups in total. The van der Waals surface area contributed by atoms with Crippen molar-refractivity contribution in [3.63, 3.8) is 0 Å². The summed E-state index contributed by atoms with van der Waals surface area (Å²) in [5.74, 6) is 0.637. The molecular formula is C24H26ClN5O3. The van der Waals surface area contributed by atoms with E-state index in [0.29, 0.717) is 17.1 Å². The Balaban J connectivity index is 0.000000799. The molecule has 5 rings (SSSR count). The number of nitrogens with zero attached hydrogens (tertiary/aromatic N) is 3. The second-order valence-electron chi connectivity index (χ2n) is 8.18. The van der Waals surface area contributed by atoms with E-state index in [1.165, 1.54) is 19.3 Å². The molecule has 2 heterocycles. The molecule has 33 heavy (non-hydrogen) atoms. The molecule has 9 heteroatoms. The molecule has 0 atom stereocenters. The standard InChI is InChI=1S/C21H20ClN5O3.C3H6/c1-12-7-13(3-4-14(12)9-23-21(29)30)20(28)27-11-15-10-24-26(2)19(15)25-17-8-16(22)5-6-18(17)27;1-2-3-1/h3-8,10,23,25H,9,11H2,1-2H3,(H,29,30);1-3H2. The van der Waals surface area contributed by atoms with Crippen LogP contribution in [0, 0.1) is 6.92 Å². The second-order valence-corrected chi connectivity index (χ2v) is 8.62. The number of rotatable bonds is 3. The highest BCUT2D eigenvalue weighted by Crippen LogP contribution is 2.38. The van der Waals surface area contributed by atoms with Crippen LogP contribution in [-0.4, -0.2) is 26.9 Å². The number of carboxylic acid groups (broad SMARTS) is 1. The van der Waals surface area contributed by atoms with Gasteiger partial charge in [0.25, 0.3) is 5.91 Å². The lowest BCUT2D eigenvalue weighted by atomic mass is 10.0. The van der Waals surface area contributed by atoms with Gasteiger partial charge < -0.3 is 20.6 Å². The molecule has 1 saturated carbocycles. The van der Waals surface area contributed by atoms with Gasteiger partial charge in [-0.05, 0) is 48.4 Å². The molecule has 0 bridgehead atoms. The first-order chi connectivity index (χ1) is 15.8. The van der Waals surface area contributed by atoms with E-state index in [2.05, 4.69) is 15.7 Å². The molecule has 3 aromatic rings. The molecule has 8 nitrogen and oxygen atoms in total. The normalized spacial score (nSPS) is 13.5. The molecule has 2 amide bonds. The first-order valence-corrected chi connectivity index (χ1v) is 11.2. The number of hydrogen-bond acceptors (Lipinski definition) is 4. The van der Waals surface area contributed by atoms with Crippen LogP contribution in [0.15, 0.2) is 42.6 Å². The first-order valence-electron chi connectivity index (χ1n) is 10.8. The van der Waals surface area contributed by atoms with Crippen molar-refractivity contribution < 1.29 is 14.7 Å². The maximum atomic E-state index is 13.5. The minimum atomic E-state index is -1.09. The third-order valence-electron chi connectivity index (χ3n) is 5.46. The predicted octanol–water partition coefficient (Wildman–Crippen LogP) is 5.22. The van der Waals surface area contributed by atoms with Crippen LogP contribution in [0.4, 0.5) is 22.0 Å². The van der Waals surface area contributed by atoms with Crippen LogP contribution < -0.4 is 15.5 Å². The van der Waals surface area contributed by atoms with Gasteiger partial charge in [0, 0.05) is 29.7 Å². The van der Waals surface area contributed by atoms with Crippen LogP contribution in [-0.2, 0) is 20.1 Å². The van der Waals surface area contributed by atoms with Gasteiger partial charge in [-0.25, -0.2) is 4.79 Å². The van der Waals surface area contributed by atoms with E-state index in [1.54, 1.807) is 46.1 Å². The van der Waals surface area contributed by atoms with Crippen molar-refractivity contribution in [1.29, 1.82) is 0 Å². The fraction of sp³-hybridized carbons (Fsp3) is 0.292. The molecule has 0 saturated heterocycles. The topological polar surface area (TPSA) is 99.5 Å². The SMILES string of the molecule is C1CC1.Cc1cc(C(=O)N2Cc3cnn(C)c3Nc3cc(Cl)ccc32)ccc1CNC(=O)O. The minimum Gasteiger partial charge on any atom is -0.465 e. The molecule has 2 aromatic carbocycles. The highest BCUT2D eigenvalue weighted by Gasteiger charge is 2.27. The lowest BCUT2D eigenvalue weighted by Gasteiger charge is -2.23. The average molecular weight is 468 g/mol. The van der Waals surface area contributed by atoms with E-state index in [-0.39, 0.29) is 12.5 Å². The quantitative estimate of drug-likeness (QED) is 0.490. The number of amides is 2. The number of aryl methyl sites for hydroxylation is 2. The number of carbonyl (C=O) groups is 2. The van der Waals surface area contributed by atoms with Crippen molar-refractivity contribution in [2.75, 3.05) is 10.2 Å². The summed E-state index contributed by atoms with van der Waals surface area (Å²) >= 11 is 6.19. The molecule has 0 spiro atoms. The van der Waals surface area contributed by atoms with E-state index in [0.717, 1.165) is 33.9 Å². The van der Waals surface area contributed by atoms with Gasteiger partial charge in [-0.1, -0.05) is 36.9 Å². The van der Waals surface area contributed by atoms with Crippen molar-refractivity contribution in [1.82, 2.24) is 15.1 Å². The van der Waals surface area contributed by atoms with Gasteiger partial charge >= 0.3 is 6.09 Å². The Morgan fingerprint density at radius 1 is 1.18 bits per heavy atom. The van der Waals surface area contributed by atoms with Crippen LogP contribution in [0.25, 0.3) is 0 Å². The summed E-state index contributed by atoms with van der Waals surface area (Å²) in [6, 6.07) is 10.6. The summed E-state index contributed by atoms with van der Waals surface area (Å²) < 4.78 is 1.72. The number of halogens is 1. The lowest BCUT2D eigenvalue weighted by Crippen LogP contribution is -2.30. The minimum absolute atomic E-state index is 0.169. The smallest absolute Gasteiger partial charge is 0.404 e. The predicted molar refractivity (Wildman–Crippen MR) is 128 cm³/mol. The van der Waals surface area contributed by atoms with E-state index in [9.17, 15) is 9.59 Å². The van der Waals surface area contributed by atoms with Crippen molar-refractivity contribution in [3.05, 3.63) is 69.9 Å². The zero-order valence-corrected chi connectivity index (χ0v) is 19.3. The number of fused-ring (bicyclic) bond motifs is 2. The maximum Gasteiger partial charge on any atom is 0.404 e. The van der Waals surface area contributed by atoms with Crippen LogP contribution in [0.2, 0.25) is 5.02 Å². The highest BCUT2D eigenvalue weighted by atomic mass is 35.5. The zero-order chi connectivity index (χ0) is 23.5. The Bertz CT molecular complexity index is 1200. The average Bonchev–Trinajstić information content (AvgIpc) is 3.63. The monoisotopic (exact) mass is 467 g/mol. The number of hydrogen-bond donors (Lipinski definition) is 3. The zero-order valence-electron chi connectivity index (χ0n) is 18.6. The van der Waals surface area contributed by atoms with Gasteiger partial charge in [0.1, 0.15) is 5.82 Å². The van der Waals surface area contributed by atoms with E-state index < -0.39 is 6.09 Å². The Morgan fingerprint density at radius 3 is 2.61 bits per heavy atom. The van der Waals surface area contributed by atoms with Crippen molar-refractivity contribution in [3.8, 4) is 0 Å². The lowest BCUT2D eigenvalue weighted by molar-refractivity contribution is 0.0985. The molecule has 0 unspecified atom stereocenters. The fourth-order valence-corrected chi connectivity index (χ4v) is 3.69. The fourth-order valence-electron chi connectivity index (χ4n) is 3.52. The summed E-state index contributed by atoms with van der Waals surface area (Å²) in [5.41, 5.74) is 4.48. The molecule has 0 radical (unpaired) electrons. The van der Waals surface area contributed by atoms with Gasteiger partial charge in [0.2, 0.25) is 0 Å². The summed E-state index contributed by atoms with van der Waals surface area (Å²) in [7, 11) is 1.83. The number of carbonyl (C=O) groups excluding carboxylic acids is 1.